The van der Waals surface area contributed by atoms with Gasteiger partial charge in [-0.3, -0.25) is 0 Å². The van der Waals surface area contributed by atoms with Gasteiger partial charge in [-0.1, -0.05) is 0 Å². The van der Waals surface area contributed by atoms with E-state index in [1.807, 2.05) is 0 Å². The fourth-order valence-corrected chi connectivity index (χ4v) is 4.57. The molecule has 0 bridgehead atoms. The van der Waals surface area contributed by atoms with Crippen LogP contribution in [0.3, 0.4) is 0 Å². The molecule has 2 N–H and O–H groups in total. The number of nitrogen functional groups attached to an aromatic ring is 1. The molecule has 1 aliphatic carbocycles. The average Bonchev–Trinajstić information content (AvgIpc) is 3.30. The van der Waals surface area contributed by atoms with Crippen molar-refractivity contribution in [2.24, 2.45) is 0 Å². The van der Waals surface area contributed by atoms with Crippen molar-refractivity contribution in [1.82, 2.24) is 19.6 Å². The molecule has 4 rings (SSSR count). The molecule has 25 heavy (non-hydrogen) atoms. The molecule has 1 saturated carbocycles. The zero-order valence-electron chi connectivity index (χ0n) is 13.1. The standard InChI is InChI=1S/C15H15F2N5O2S/c16-8-6-10-13(11(17)7-8)20-15(18)22-14(10)19-12(21-22)2-1-5-25(23,24)9-3-4-9/h6-7,9H,1-5H2,(H2,18,20). The fourth-order valence-electron chi connectivity index (χ4n) is 2.83. The lowest BCUT2D eigenvalue weighted by molar-refractivity contribution is 0.589. The molecule has 2 aromatic heterocycles. The minimum absolute atomic E-state index is 0.0719. The van der Waals surface area contributed by atoms with Crippen LogP contribution in [0.15, 0.2) is 12.1 Å². The van der Waals surface area contributed by atoms with Crippen LogP contribution in [-0.2, 0) is 16.3 Å². The molecule has 0 saturated heterocycles. The molecule has 0 spiro atoms. The summed E-state index contributed by atoms with van der Waals surface area (Å²) in [4.78, 5) is 8.18. The van der Waals surface area contributed by atoms with Crippen molar-refractivity contribution in [3.63, 3.8) is 0 Å². The molecule has 0 aliphatic heterocycles. The minimum atomic E-state index is -3.04. The Balaban J connectivity index is 1.67. The second-order valence-corrected chi connectivity index (χ2v) is 8.59. The maximum Gasteiger partial charge on any atom is 0.223 e. The first-order chi connectivity index (χ1) is 11.8. The van der Waals surface area contributed by atoms with Crippen LogP contribution in [0.2, 0.25) is 0 Å². The number of halogens is 2. The molecule has 10 heteroatoms. The van der Waals surface area contributed by atoms with Gasteiger partial charge in [-0.05, 0) is 25.3 Å². The molecule has 3 aromatic rings. The summed E-state index contributed by atoms with van der Waals surface area (Å²) in [5.74, 6) is -1.22. The van der Waals surface area contributed by atoms with Crippen LogP contribution in [0.5, 0.6) is 0 Å². The molecule has 1 aliphatic rings. The molecule has 1 aromatic carbocycles. The van der Waals surface area contributed by atoms with Gasteiger partial charge in [0.05, 0.1) is 16.4 Å². The quantitative estimate of drug-likeness (QED) is 0.735. The normalized spacial score (nSPS) is 15.3. The van der Waals surface area contributed by atoms with Crippen LogP contribution in [-0.4, -0.2) is 39.0 Å². The first kappa shape index (κ1) is 16.1. The highest BCUT2D eigenvalue weighted by molar-refractivity contribution is 7.92. The average molecular weight is 367 g/mol. The first-order valence-corrected chi connectivity index (χ1v) is 9.58. The highest BCUT2D eigenvalue weighted by Crippen LogP contribution is 2.29. The van der Waals surface area contributed by atoms with Crippen molar-refractivity contribution in [1.29, 1.82) is 0 Å². The summed E-state index contributed by atoms with van der Waals surface area (Å²) in [6.07, 6.45) is 2.18. The number of hydrogen-bond acceptors (Lipinski definition) is 6. The van der Waals surface area contributed by atoms with Gasteiger partial charge in [0.2, 0.25) is 5.95 Å². The highest BCUT2D eigenvalue weighted by Gasteiger charge is 2.34. The van der Waals surface area contributed by atoms with Crippen LogP contribution in [0.25, 0.3) is 16.6 Å². The summed E-state index contributed by atoms with van der Waals surface area (Å²) in [6.45, 7) is 0. The number of nitrogens with zero attached hydrogens (tertiary/aromatic N) is 4. The summed E-state index contributed by atoms with van der Waals surface area (Å²) < 4.78 is 52.4. The SMILES string of the molecule is Nc1nc2c(F)cc(F)cc2c2nc(CCCS(=O)(=O)C3CC3)nn12. The van der Waals surface area contributed by atoms with Crippen LogP contribution >= 0.6 is 0 Å². The van der Waals surface area contributed by atoms with Crippen molar-refractivity contribution in [3.8, 4) is 0 Å². The fraction of sp³-hybridized carbons (Fsp3) is 0.400. The van der Waals surface area contributed by atoms with Crippen molar-refractivity contribution >= 4 is 32.3 Å². The largest absolute Gasteiger partial charge is 0.368 e. The van der Waals surface area contributed by atoms with Crippen LogP contribution in [0, 0.1) is 11.6 Å². The van der Waals surface area contributed by atoms with E-state index in [0.29, 0.717) is 18.7 Å². The van der Waals surface area contributed by atoms with Crippen LogP contribution < -0.4 is 5.73 Å². The predicted molar refractivity (Wildman–Crippen MR) is 87.7 cm³/mol. The number of sulfone groups is 1. The maximum atomic E-state index is 13.9. The molecular formula is C15H15F2N5O2S. The van der Waals surface area contributed by atoms with E-state index in [1.165, 1.54) is 4.52 Å². The maximum absolute atomic E-state index is 13.9. The van der Waals surface area contributed by atoms with E-state index in [-0.39, 0.29) is 33.5 Å². The van der Waals surface area contributed by atoms with Crippen molar-refractivity contribution < 1.29 is 17.2 Å². The highest BCUT2D eigenvalue weighted by atomic mass is 32.2. The van der Waals surface area contributed by atoms with Crippen molar-refractivity contribution in [3.05, 3.63) is 29.6 Å². The Morgan fingerprint density at radius 3 is 2.72 bits per heavy atom. The van der Waals surface area contributed by atoms with E-state index >= 15 is 0 Å². The molecule has 7 nitrogen and oxygen atoms in total. The predicted octanol–water partition coefficient (Wildman–Crippen LogP) is 1.65. The lowest BCUT2D eigenvalue weighted by Gasteiger charge is -2.03. The van der Waals surface area contributed by atoms with Gasteiger partial charge in [-0.25, -0.2) is 27.2 Å². The molecule has 2 heterocycles. The van der Waals surface area contributed by atoms with Gasteiger partial charge in [-0.15, -0.1) is 5.10 Å². The zero-order valence-corrected chi connectivity index (χ0v) is 13.9. The van der Waals surface area contributed by atoms with Gasteiger partial charge < -0.3 is 5.73 Å². The number of aryl methyl sites for hydroxylation is 1. The lowest BCUT2D eigenvalue weighted by atomic mass is 10.2. The number of benzene rings is 1. The third kappa shape index (κ3) is 2.90. The van der Waals surface area contributed by atoms with Crippen molar-refractivity contribution in [2.75, 3.05) is 11.5 Å². The number of rotatable bonds is 5. The van der Waals surface area contributed by atoms with Gasteiger partial charge in [-0.2, -0.15) is 4.52 Å². The third-order valence-electron chi connectivity index (χ3n) is 4.22. The third-order valence-corrected chi connectivity index (χ3v) is 6.57. The van der Waals surface area contributed by atoms with Crippen LogP contribution in [0.1, 0.15) is 25.1 Å². The summed E-state index contributed by atoms with van der Waals surface area (Å²) >= 11 is 0. The van der Waals surface area contributed by atoms with Gasteiger partial charge >= 0.3 is 0 Å². The van der Waals surface area contributed by atoms with E-state index in [1.54, 1.807) is 0 Å². The van der Waals surface area contributed by atoms with E-state index in [9.17, 15) is 17.2 Å². The summed E-state index contributed by atoms with van der Waals surface area (Å²) in [6, 6.07) is 1.85. The van der Waals surface area contributed by atoms with E-state index in [4.69, 9.17) is 5.73 Å². The number of anilines is 1. The second kappa shape index (κ2) is 5.58. The topological polar surface area (TPSA) is 103 Å². The lowest BCUT2D eigenvalue weighted by Crippen LogP contribution is -2.12. The number of hydrogen-bond donors (Lipinski definition) is 1. The molecule has 0 amide bonds. The Bertz CT molecular complexity index is 1090. The minimum Gasteiger partial charge on any atom is -0.368 e. The second-order valence-electron chi connectivity index (χ2n) is 6.19. The molecule has 1 fully saturated rings. The summed E-state index contributed by atoms with van der Waals surface area (Å²) in [5, 5.41) is 4.15. The Morgan fingerprint density at radius 1 is 1.24 bits per heavy atom. The Morgan fingerprint density at radius 2 is 2.00 bits per heavy atom. The Kier molecular flexibility index (Phi) is 3.60. The smallest absolute Gasteiger partial charge is 0.223 e. The Labute approximate surface area is 141 Å². The summed E-state index contributed by atoms with van der Waals surface area (Å²) in [5.41, 5.74) is 5.90. The molecule has 132 valence electrons. The van der Waals surface area contributed by atoms with E-state index in [2.05, 4.69) is 15.1 Å². The van der Waals surface area contributed by atoms with Gasteiger partial charge in [0.25, 0.3) is 0 Å². The zero-order chi connectivity index (χ0) is 17.8. The molecule has 0 atom stereocenters. The van der Waals surface area contributed by atoms with E-state index < -0.39 is 21.5 Å². The number of nitrogens with two attached hydrogens (primary N) is 1. The van der Waals surface area contributed by atoms with Gasteiger partial charge in [0, 0.05) is 12.5 Å². The molecular weight excluding hydrogens is 352 g/mol. The Hall–Kier alpha value is -2.36. The monoisotopic (exact) mass is 367 g/mol. The van der Waals surface area contributed by atoms with E-state index in [0.717, 1.165) is 25.0 Å². The van der Waals surface area contributed by atoms with Crippen molar-refractivity contribution in [2.45, 2.75) is 30.9 Å². The van der Waals surface area contributed by atoms with Crippen LogP contribution in [0.4, 0.5) is 14.7 Å². The first-order valence-electron chi connectivity index (χ1n) is 7.86. The number of aromatic nitrogens is 4. The van der Waals surface area contributed by atoms with Gasteiger partial charge in [0.15, 0.2) is 27.1 Å². The van der Waals surface area contributed by atoms with Gasteiger partial charge in [0.1, 0.15) is 11.3 Å². The number of fused-ring (bicyclic) bond motifs is 3. The molecule has 0 radical (unpaired) electrons. The molecule has 0 unspecified atom stereocenters. The summed E-state index contributed by atoms with van der Waals surface area (Å²) in [7, 11) is -3.04.